The van der Waals surface area contributed by atoms with Crippen LogP contribution in [0, 0.1) is 0 Å². The van der Waals surface area contributed by atoms with Crippen molar-refractivity contribution >= 4 is 51.9 Å². The average molecular weight is 613 g/mol. The third-order valence-corrected chi connectivity index (χ3v) is 9.38. The van der Waals surface area contributed by atoms with E-state index in [1.807, 2.05) is 91.8 Å². The molecule has 2 aliphatic rings. The fourth-order valence-corrected chi connectivity index (χ4v) is 7.11. The average Bonchev–Trinajstić information content (AvgIpc) is 3.01. The van der Waals surface area contributed by atoms with Crippen LogP contribution in [0.15, 0.2) is 61.2 Å². The molecule has 0 radical (unpaired) electrons. The fourth-order valence-electron chi connectivity index (χ4n) is 7.11. The van der Waals surface area contributed by atoms with Crippen molar-refractivity contribution < 1.29 is 19.2 Å². The molecule has 0 saturated heterocycles. The van der Waals surface area contributed by atoms with E-state index in [-0.39, 0.29) is 45.9 Å². The van der Waals surface area contributed by atoms with E-state index >= 15 is 0 Å². The SMILES string of the molecule is C=Cc1cc2c3c(ccc4c3c1C(=O)N(c1c(C(C)C)cccc1C(C)C)C4=O)C(=O)N(c1c(C(C)C)cccc1C(C)C)C2=O. The molecule has 4 amide bonds. The van der Waals surface area contributed by atoms with E-state index in [9.17, 15) is 19.2 Å². The van der Waals surface area contributed by atoms with Crippen LogP contribution in [0.3, 0.4) is 0 Å². The molecule has 6 heteroatoms. The predicted molar refractivity (Wildman–Crippen MR) is 186 cm³/mol. The van der Waals surface area contributed by atoms with Gasteiger partial charge in [-0.1, -0.05) is 104 Å². The molecule has 4 aromatic carbocycles. The molecule has 6 rings (SSSR count). The Labute approximate surface area is 270 Å². The molecular weight excluding hydrogens is 572 g/mol. The number of carbonyl (C=O) groups excluding carboxylic acids is 4. The van der Waals surface area contributed by atoms with Crippen LogP contribution >= 0.6 is 0 Å². The first-order valence-electron chi connectivity index (χ1n) is 16.1. The number of para-hydroxylation sites is 2. The summed E-state index contributed by atoms with van der Waals surface area (Å²) in [6.07, 6.45) is 1.56. The Kier molecular flexibility index (Phi) is 7.58. The summed E-state index contributed by atoms with van der Waals surface area (Å²) in [6.45, 7) is 20.3. The van der Waals surface area contributed by atoms with Gasteiger partial charge in [0.15, 0.2) is 0 Å². The molecule has 0 atom stereocenters. The lowest BCUT2D eigenvalue weighted by atomic mass is 9.81. The van der Waals surface area contributed by atoms with E-state index in [2.05, 4.69) is 6.58 Å². The minimum atomic E-state index is -0.485. The Morgan fingerprint density at radius 3 is 1.28 bits per heavy atom. The van der Waals surface area contributed by atoms with Crippen LogP contribution in [0.2, 0.25) is 0 Å². The lowest BCUT2D eigenvalue weighted by molar-refractivity contribution is 0.0872. The van der Waals surface area contributed by atoms with E-state index in [0.29, 0.717) is 27.7 Å². The van der Waals surface area contributed by atoms with Crippen molar-refractivity contribution in [1.82, 2.24) is 0 Å². The van der Waals surface area contributed by atoms with Gasteiger partial charge >= 0.3 is 0 Å². The van der Waals surface area contributed by atoms with Gasteiger partial charge in [-0.2, -0.15) is 0 Å². The molecule has 0 fully saturated rings. The van der Waals surface area contributed by atoms with Crippen LogP contribution in [-0.4, -0.2) is 23.6 Å². The summed E-state index contributed by atoms with van der Waals surface area (Å²) in [4.78, 5) is 60.7. The highest BCUT2D eigenvalue weighted by molar-refractivity contribution is 6.43. The molecule has 0 unspecified atom stereocenters. The monoisotopic (exact) mass is 612 g/mol. The highest BCUT2D eigenvalue weighted by Crippen LogP contribution is 2.46. The van der Waals surface area contributed by atoms with Gasteiger partial charge in [0.05, 0.1) is 16.9 Å². The van der Waals surface area contributed by atoms with Crippen molar-refractivity contribution in [2.24, 2.45) is 0 Å². The van der Waals surface area contributed by atoms with Gasteiger partial charge in [0.2, 0.25) is 0 Å². The van der Waals surface area contributed by atoms with Crippen molar-refractivity contribution in [3.63, 3.8) is 0 Å². The number of amides is 4. The standard InChI is InChI=1S/C40H40N2O4/c1-10-24-19-31-33-29(37(43)41(39(31)45)35-25(20(2)3)13-11-14-26(35)21(4)5)17-18-30-34(33)32(24)40(46)42(38(30)44)36-27(22(6)7)15-12-16-28(36)23(8)9/h10-23H,1H2,2-9H3. The number of anilines is 2. The van der Waals surface area contributed by atoms with Crippen LogP contribution in [0.4, 0.5) is 11.4 Å². The van der Waals surface area contributed by atoms with E-state index in [1.165, 1.54) is 9.80 Å². The minimum absolute atomic E-state index is 0.0515. The van der Waals surface area contributed by atoms with Crippen molar-refractivity contribution in [1.29, 1.82) is 0 Å². The second-order valence-corrected chi connectivity index (χ2v) is 13.6. The summed E-state index contributed by atoms with van der Waals surface area (Å²) in [5, 5.41) is 0.687. The van der Waals surface area contributed by atoms with Crippen molar-refractivity contribution in [3.8, 4) is 0 Å². The third kappa shape index (κ3) is 4.38. The molecule has 0 saturated carbocycles. The van der Waals surface area contributed by atoms with Gasteiger partial charge in [-0.25, -0.2) is 9.80 Å². The second kappa shape index (κ2) is 11.2. The first-order valence-corrected chi connectivity index (χ1v) is 16.1. The number of imide groups is 2. The molecule has 6 nitrogen and oxygen atoms in total. The first kappa shape index (κ1) is 31.2. The van der Waals surface area contributed by atoms with Crippen LogP contribution < -0.4 is 9.80 Å². The van der Waals surface area contributed by atoms with Crippen molar-refractivity contribution in [3.05, 3.63) is 111 Å². The van der Waals surface area contributed by atoms with Gasteiger partial charge in [0.25, 0.3) is 23.6 Å². The second-order valence-electron chi connectivity index (χ2n) is 13.6. The van der Waals surface area contributed by atoms with Gasteiger partial charge in [-0.3, -0.25) is 19.2 Å². The molecular formula is C40H40N2O4. The first-order chi connectivity index (χ1) is 21.8. The van der Waals surface area contributed by atoms with Crippen molar-refractivity contribution in [2.75, 3.05) is 9.80 Å². The lowest BCUT2D eigenvalue weighted by Gasteiger charge is -2.36. The maximum atomic E-state index is 14.6. The molecule has 0 spiro atoms. The van der Waals surface area contributed by atoms with Crippen LogP contribution in [0.1, 0.15) is 148 Å². The van der Waals surface area contributed by atoms with E-state index in [1.54, 1.807) is 24.3 Å². The predicted octanol–water partition coefficient (Wildman–Crippen LogP) is 9.58. The van der Waals surface area contributed by atoms with E-state index < -0.39 is 23.6 Å². The smallest absolute Gasteiger partial charge is 0.266 e. The Morgan fingerprint density at radius 2 is 0.891 bits per heavy atom. The Bertz CT molecular complexity index is 1960. The van der Waals surface area contributed by atoms with E-state index in [4.69, 9.17) is 0 Å². The highest BCUT2D eigenvalue weighted by Gasteiger charge is 2.44. The summed E-state index contributed by atoms with van der Waals surface area (Å²) in [6, 6.07) is 16.7. The van der Waals surface area contributed by atoms with Crippen LogP contribution in [0.25, 0.3) is 16.8 Å². The minimum Gasteiger partial charge on any atom is -0.268 e. The summed E-state index contributed by atoms with van der Waals surface area (Å²) >= 11 is 0. The highest BCUT2D eigenvalue weighted by atomic mass is 16.2. The third-order valence-electron chi connectivity index (χ3n) is 9.38. The zero-order valence-corrected chi connectivity index (χ0v) is 27.8. The van der Waals surface area contributed by atoms with Gasteiger partial charge in [-0.05, 0) is 69.7 Å². The summed E-state index contributed by atoms with van der Waals surface area (Å²) in [7, 11) is 0. The fraction of sp³-hybridized carbons (Fsp3) is 0.300. The Morgan fingerprint density at radius 1 is 0.522 bits per heavy atom. The zero-order valence-electron chi connectivity index (χ0n) is 27.8. The number of nitrogens with zero attached hydrogens (tertiary/aromatic N) is 2. The Balaban J connectivity index is 1.64. The molecule has 0 bridgehead atoms. The quantitative estimate of drug-likeness (QED) is 0.195. The summed E-state index contributed by atoms with van der Waals surface area (Å²) in [5.41, 5.74) is 6.36. The summed E-state index contributed by atoms with van der Waals surface area (Å²) in [5.74, 6) is -1.69. The van der Waals surface area contributed by atoms with Crippen LogP contribution in [0.5, 0.6) is 0 Å². The number of hydrogen-bond acceptors (Lipinski definition) is 4. The maximum Gasteiger partial charge on any atom is 0.266 e. The van der Waals surface area contributed by atoms with Gasteiger partial charge in [-0.15, -0.1) is 0 Å². The topological polar surface area (TPSA) is 74.8 Å². The molecule has 234 valence electrons. The molecule has 2 aliphatic heterocycles. The molecule has 4 aromatic rings. The molecule has 0 N–H and O–H groups in total. The maximum absolute atomic E-state index is 14.6. The number of benzene rings is 4. The molecule has 2 heterocycles. The van der Waals surface area contributed by atoms with E-state index in [0.717, 1.165) is 22.3 Å². The Hall–Kier alpha value is -4.84. The largest absolute Gasteiger partial charge is 0.268 e. The number of hydrogen-bond donors (Lipinski definition) is 0. The normalized spacial score (nSPS) is 14.6. The zero-order chi connectivity index (χ0) is 33.4. The molecule has 46 heavy (non-hydrogen) atoms. The van der Waals surface area contributed by atoms with Crippen LogP contribution in [-0.2, 0) is 0 Å². The molecule has 0 aromatic heterocycles. The summed E-state index contributed by atoms with van der Waals surface area (Å²) < 4.78 is 0. The lowest BCUT2D eigenvalue weighted by Crippen LogP contribution is -2.45. The van der Waals surface area contributed by atoms with Gasteiger partial charge in [0.1, 0.15) is 0 Å². The van der Waals surface area contributed by atoms with Gasteiger partial charge < -0.3 is 0 Å². The number of rotatable bonds is 7. The number of carbonyl (C=O) groups is 4. The molecule has 0 aliphatic carbocycles. The van der Waals surface area contributed by atoms with Crippen molar-refractivity contribution in [2.45, 2.75) is 79.1 Å². The van der Waals surface area contributed by atoms with Gasteiger partial charge in [0, 0.05) is 27.5 Å².